The molecule has 9 nitrogen and oxygen atoms in total. The molecular formula is C18H23Cl2N7O2S. The maximum absolute atomic E-state index is 13.2. The van der Waals surface area contributed by atoms with E-state index in [0.29, 0.717) is 18.8 Å². The summed E-state index contributed by atoms with van der Waals surface area (Å²) in [7, 11) is -3.80. The van der Waals surface area contributed by atoms with Crippen LogP contribution in [0.4, 0.5) is 5.69 Å². The smallest absolute Gasteiger partial charge is 0.244 e. The number of aromatic nitrogens is 4. The number of anilines is 1. The standard InChI is InChI=1S/C18H23Cl2N7O2S/c1-3-5-7-27(8-6-4-2)30(28,29)17-10-14(19)16(9-15(17)20)22-12-13(11-21)18-23-25-26-24-18/h9-10,12,22H,3-8H2,1-2H3,(H,23,24,25,26). The average Bonchev–Trinajstić information content (AvgIpc) is 3.25. The lowest BCUT2D eigenvalue weighted by Gasteiger charge is -2.23. The average molecular weight is 472 g/mol. The van der Waals surface area contributed by atoms with Crippen LogP contribution in [0, 0.1) is 11.3 Å². The molecule has 0 saturated carbocycles. The lowest BCUT2D eigenvalue weighted by Crippen LogP contribution is -2.33. The first-order valence-corrected chi connectivity index (χ1v) is 11.6. The molecular weight excluding hydrogens is 449 g/mol. The molecule has 2 N–H and O–H groups in total. The zero-order valence-electron chi connectivity index (χ0n) is 16.7. The van der Waals surface area contributed by atoms with E-state index in [2.05, 4.69) is 25.9 Å². The Morgan fingerprint density at radius 3 is 2.43 bits per heavy atom. The summed E-state index contributed by atoms with van der Waals surface area (Å²) in [5, 5.41) is 25.4. The molecule has 0 aliphatic rings. The van der Waals surface area contributed by atoms with E-state index in [1.165, 1.54) is 22.6 Å². The van der Waals surface area contributed by atoms with E-state index < -0.39 is 10.0 Å². The van der Waals surface area contributed by atoms with Crippen molar-refractivity contribution in [1.82, 2.24) is 24.9 Å². The second kappa shape index (κ2) is 11.3. The number of tetrazole rings is 1. The third-order valence-corrected chi connectivity index (χ3v) is 6.92. The Morgan fingerprint density at radius 1 is 1.23 bits per heavy atom. The maximum atomic E-state index is 13.2. The number of H-pyrrole nitrogens is 1. The lowest BCUT2D eigenvalue weighted by atomic mass is 10.3. The van der Waals surface area contributed by atoms with E-state index in [1.54, 1.807) is 0 Å². The molecule has 0 aliphatic heterocycles. The maximum Gasteiger partial charge on any atom is 0.244 e. The zero-order chi connectivity index (χ0) is 22.1. The molecule has 162 valence electrons. The number of aromatic amines is 1. The molecule has 0 aliphatic carbocycles. The van der Waals surface area contributed by atoms with Crippen molar-refractivity contribution in [2.24, 2.45) is 0 Å². The van der Waals surface area contributed by atoms with Gasteiger partial charge in [-0.1, -0.05) is 49.9 Å². The van der Waals surface area contributed by atoms with Gasteiger partial charge < -0.3 is 5.32 Å². The molecule has 0 unspecified atom stereocenters. The van der Waals surface area contributed by atoms with Gasteiger partial charge in [0.05, 0.1) is 15.7 Å². The Balaban J connectivity index is 2.33. The highest BCUT2D eigenvalue weighted by Gasteiger charge is 2.27. The summed E-state index contributed by atoms with van der Waals surface area (Å²) < 4.78 is 27.8. The van der Waals surface area contributed by atoms with Gasteiger partial charge in [-0.05, 0) is 30.2 Å². The van der Waals surface area contributed by atoms with Crippen LogP contribution in [0.3, 0.4) is 0 Å². The summed E-state index contributed by atoms with van der Waals surface area (Å²) in [6, 6.07) is 4.67. The monoisotopic (exact) mass is 471 g/mol. The van der Waals surface area contributed by atoms with Crippen molar-refractivity contribution < 1.29 is 8.42 Å². The van der Waals surface area contributed by atoms with Crippen molar-refractivity contribution >= 4 is 44.5 Å². The van der Waals surface area contributed by atoms with Crippen LogP contribution in [0.5, 0.6) is 0 Å². The minimum atomic E-state index is -3.80. The van der Waals surface area contributed by atoms with Crippen LogP contribution in [0.2, 0.25) is 10.0 Å². The summed E-state index contributed by atoms with van der Waals surface area (Å²) in [5.41, 5.74) is 0.448. The molecule has 0 bridgehead atoms. The molecule has 1 aromatic heterocycles. The van der Waals surface area contributed by atoms with Crippen molar-refractivity contribution in [3.63, 3.8) is 0 Å². The van der Waals surface area contributed by atoms with Gasteiger partial charge >= 0.3 is 0 Å². The number of sulfonamides is 1. The van der Waals surface area contributed by atoms with Crippen molar-refractivity contribution in [3.8, 4) is 6.07 Å². The first-order chi connectivity index (χ1) is 14.3. The SMILES string of the molecule is CCCCN(CCCC)S(=O)(=O)c1cc(Cl)c(NC=C(C#N)c2nn[nH]n2)cc1Cl. The molecule has 0 fully saturated rings. The normalized spacial score (nSPS) is 12.2. The summed E-state index contributed by atoms with van der Waals surface area (Å²) in [4.78, 5) is -0.0467. The number of allylic oxidation sites excluding steroid dienone is 1. The minimum Gasteiger partial charge on any atom is -0.359 e. The van der Waals surface area contributed by atoms with Gasteiger partial charge in [0.25, 0.3) is 0 Å². The molecule has 2 rings (SSSR count). The van der Waals surface area contributed by atoms with Crippen LogP contribution in [0.15, 0.2) is 23.2 Å². The first-order valence-electron chi connectivity index (χ1n) is 9.44. The van der Waals surface area contributed by atoms with E-state index in [1.807, 2.05) is 19.9 Å². The van der Waals surface area contributed by atoms with Gasteiger partial charge in [-0.25, -0.2) is 8.42 Å². The molecule has 1 aromatic carbocycles. The van der Waals surface area contributed by atoms with Crippen LogP contribution >= 0.6 is 23.2 Å². The second-order valence-electron chi connectivity index (χ2n) is 6.42. The lowest BCUT2D eigenvalue weighted by molar-refractivity contribution is 0.395. The van der Waals surface area contributed by atoms with E-state index in [0.717, 1.165) is 25.7 Å². The van der Waals surface area contributed by atoms with Crippen LogP contribution in [-0.4, -0.2) is 46.4 Å². The number of nitrogens with one attached hydrogen (secondary N) is 2. The largest absolute Gasteiger partial charge is 0.359 e. The van der Waals surface area contributed by atoms with Crippen LogP contribution in [0.1, 0.15) is 45.4 Å². The Morgan fingerprint density at radius 2 is 1.90 bits per heavy atom. The second-order valence-corrected chi connectivity index (χ2v) is 9.14. The third kappa shape index (κ3) is 5.92. The number of halogens is 2. The first kappa shape index (κ1) is 24.1. The van der Waals surface area contributed by atoms with Crippen molar-refractivity contribution in [1.29, 1.82) is 5.26 Å². The fourth-order valence-electron chi connectivity index (χ4n) is 2.57. The van der Waals surface area contributed by atoms with Gasteiger partial charge in [0.1, 0.15) is 16.5 Å². The minimum absolute atomic E-state index is 0.0337. The van der Waals surface area contributed by atoms with Crippen molar-refractivity contribution in [3.05, 3.63) is 34.2 Å². The summed E-state index contributed by atoms with van der Waals surface area (Å²) in [6.07, 6.45) is 4.61. The molecule has 0 spiro atoms. The van der Waals surface area contributed by atoms with Gasteiger partial charge in [0.15, 0.2) is 0 Å². The predicted octanol–water partition coefficient (Wildman–Crippen LogP) is 4.07. The molecule has 0 saturated heterocycles. The van der Waals surface area contributed by atoms with E-state index >= 15 is 0 Å². The number of hydrogen-bond acceptors (Lipinski definition) is 7. The highest BCUT2D eigenvalue weighted by atomic mass is 35.5. The van der Waals surface area contributed by atoms with Crippen LogP contribution in [-0.2, 0) is 10.0 Å². The number of nitrogens with zero attached hydrogens (tertiary/aromatic N) is 5. The number of benzene rings is 1. The fraction of sp³-hybridized carbons (Fsp3) is 0.444. The molecule has 30 heavy (non-hydrogen) atoms. The van der Waals surface area contributed by atoms with Crippen molar-refractivity contribution in [2.45, 2.75) is 44.4 Å². The quantitative estimate of drug-likeness (QED) is 0.472. The number of nitriles is 1. The highest BCUT2D eigenvalue weighted by molar-refractivity contribution is 7.89. The van der Waals surface area contributed by atoms with E-state index in [4.69, 9.17) is 23.2 Å². The topological polar surface area (TPSA) is 128 Å². The summed E-state index contributed by atoms with van der Waals surface area (Å²) in [5.74, 6) is 0.105. The zero-order valence-corrected chi connectivity index (χ0v) is 19.0. The highest BCUT2D eigenvalue weighted by Crippen LogP contribution is 2.34. The van der Waals surface area contributed by atoms with Gasteiger partial charge in [-0.3, -0.25) is 0 Å². The summed E-state index contributed by atoms with van der Waals surface area (Å²) in [6.45, 7) is 4.86. The van der Waals surface area contributed by atoms with Gasteiger partial charge in [-0.15, -0.1) is 10.2 Å². The fourth-order valence-corrected chi connectivity index (χ4v) is 4.90. The summed E-state index contributed by atoms with van der Waals surface area (Å²) >= 11 is 12.6. The van der Waals surface area contributed by atoms with Gasteiger partial charge in [0, 0.05) is 19.3 Å². The van der Waals surface area contributed by atoms with Gasteiger partial charge in [0.2, 0.25) is 15.8 Å². The van der Waals surface area contributed by atoms with E-state index in [-0.39, 0.29) is 26.3 Å². The van der Waals surface area contributed by atoms with Gasteiger partial charge in [-0.2, -0.15) is 14.8 Å². The Kier molecular flexibility index (Phi) is 9.05. The number of unbranched alkanes of at least 4 members (excludes halogenated alkanes) is 2. The van der Waals surface area contributed by atoms with Crippen LogP contribution in [0.25, 0.3) is 5.57 Å². The molecule has 0 radical (unpaired) electrons. The molecule has 0 amide bonds. The Bertz CT molecular complexity index is 1010. The number of rotatable bonds is 11. The van der Waals surface area contributed by atoms with Crippen molar-refractivity contribution in [2.75, 3.05) is 18.4 Å². The number of hydrogen-bond donors (Lipinski definition) is 2. The molecule has 12 heteroatoms. The third-order valence-electron chi connectivity index (χ3n) is 4.24. The van der Waals surface area contributed by atoms with Crippen LogP contribution < -0.4 is 5.32 Å². The Labute approximate surface area is 186 Å². The van der Waals surface area contributed by atoms with E-state index in [9.17, 15) is 13.7 Å². The Hall–Kier alpha value is -2.19. The molecule has 2 aromatic rings. The molecule has 1 heterocycles. The predicted molar refractivity (Wildman–Crippen MR) is 116 cm³/mol. The molecule has 0 atom stereocenters.